The predicted molar refractivity (Wildman–Crippen MR) is 110 cm³/mol. The first-order valence-electron chi connectivity index (χ1n) is 9.79. The number of aromatic nitrogens is 1. The zero-order valence-electron chi connectivity index (χ0n) is 16.7. The molecule has 4 rings (SSSR count). The summed E-state index contributed by atoms with van der Waals surface area (Å²) in [6.45, 7) is 0.571. The van der Waals surface area contributed by atoms with Crippen LogP contribution in [0.4, 0.5) is 4.39 Å². The molecule has 0 saturated heterocycles. The molecular weight excluding hydrogens is 371 g/mol. The minimum absolute atomic E-state index is 0.0112. The highest BCUT2D eigenvalue weighted by Gasteiger charge is 2.45. The van der Waals surface area contributed by atoms with Crippen LogP contribution in [0.3, 0.4) is 0 Å². The number of aromatic amines is 1. The van der Waals surface area contributed by atoms with Gasteiger partial charge in [-0.05, 0) is 60.7 Å². The zero-order valence-corrected chi connectivity index (χ0v) is 16.7. The molecular formula is C23H25FN2O3. The van der Waals surface area contributed by atoms with Crippen LogP contribution in [0.15, 0.2) is 42.6 Å². The maximum atomic E-state index is 13.7. The van der Waals surface area contributed by atoms with Crippen LogP contribution in [-0.2, 0) is 16.6 Å². The van der Waals surface area contributed by atoms with Gasteiger partial charge in [0.2, 0.25) is 5.91 Å². The van der Waals surface area contributed by atoms with Gasteiger partial charge >= 0.3 is 0 Å². The molecule has 5 nitrogen and oxygen atoms in total. The summed E-state index contributed by atoms with van der Waals surface area (Å²) in [4.78, 5) is 15.6. The van der Waals surface area contributed by atoms with Crippen molar-refractivity contribution in [1.29, 1.82) is 0 Å². The highest BCUT2D eigenvalue weighted by molar-refractivity contribution is 5.85. The Balaban J connectivity index is 1.36. The Labute approximate surface area is 169 Å². The molecule has 3 aromatic rings. The average Bonchev–Trinajstić information content (AvgIpc) is 3.41. The number of carbonyl (C=O) groups is 1. The Morgan fingerprint density at radius 2 is 1.93 bits per heavy atom. The van der Waals surface area contributed by atoms with Crippen molar-refractivity contribution >= 4 is 16.8 Å². The summed E-state index contributed by atoms with van der Waals surface area (Å²) in [6, 6.07) is 10.5. The number of amides is 1. The van der Waals surface area contributed by atoms with Gasteiger partial charge in [0.15, 0.2) is 11.5 Å². The Bertz CT molecular complexity index is 1040. The number of methoxy groups -OCH3 is 2. The van der Waals surface area contributed by atoms with Gasteiger partial charge in [-0.2, -0.15) is 0 Å². The van der Waals surface area contributed by atoms with Gasteiger partial charge in [-0.25, -0.2) is 4.39 Å². The molecule has 2 aromatic carbocycles. The topological polar surface area (TPSA) is 63.3 Å². The van der Waals surface area contributed by atoms with Crippen molar-refractivity contribution in [3.05, 3.63) is 59.5 Å². The molecule has 0 bridgehead atoms. The van der Waals surface area contributed by atoms with Crippen molar-refractivity contribution in [2.45, 2.75) is 31.1 Å². The number of benzene rings is 2. The number of nitrogens with one attached hydrogen (secondary N) is 2. The number of hydrogen-bond donors (Lipinski definition) is 2. The maximum absolute atomic E-state index is 13.7. The molecule has 1 saturated carbocycles. The molecule has 152 valence electrons. The molecule has 29 heavy (non-hydrogen) atoms. The van der Waals surface area contributed by atoms with E-state index < -0.39 is 0 Å². The first kappa shape index (κ1) is 19.3. The van der Waals surface area contributed by atoms with E-state index in [1.807, 2.05) is 24.4 Å². The fraction of sp³-hybridized carbons (Fsp3) is 0.348. The lowest BCUT2D eigenvalue weighted by Crippen LogP contribution is -2.32. The van der Waals surface area contributed by atoms with E-state index in [0.29, 0.717) is 30.9 Å². The molecule has 1 aliphatic rings. The van der Waals surface area contributed by atoms with Crippen LogP contribution in [0, 0.1) is 5.82 Å². The first-order valence-corrected chi connectivity index (χ1v) is 9.79. The van der Waals surface area contributed by atoms with Crippen LogP contribution in [0.1, 0.15) is 30.4 Å². The van der Waals surface area contributed by atoms with Crippen LogP contribution in [0.2, 0.25) is 0 Å². The largest absolute Gasteiger partial charge is 0.493 e. The molecule has 6 heteroatoms. The predicted octanol–water partition coefficient (Wildman–Crippen LogP) is 4.10. The third-order valence-electron chi connectivity index (χ3n) is 5.78. The Hall–Kier alpha value is -3.02. The van der Waals surface area contributed by atoms with Gasteiger partial charge in [-0.15, -0.1) is 0 Å². The van der Waals surface area contributed by atoms with E-state index in [4.69, 9.17) is 9.47 Å². The van der Waals surface area contributed by atoms with Gasteiger partial charge in [0.05, 0.1) is 14.2 Å². The monoisotopic (exact) mass is 396 g/mol. The van der Waals surface area contributed by atoms with Crippen LogP contribution in [-0.4, -0.2) is 31.7 Å². The first-order chi connectivity index (χ1) is 14.0. The van der Waals surface area contributed by atoms with Gasteiger partial charge in [0, 0.05) is 35.5 Å². The molecule has 1 amide bonds. The van der Waals surface area contributed by atoms with Gasteiger partial charge in [-0.1, -0.05) is 6.07 Å². The van der Waals surface area contributed by atoms with Gasteiger partial charge in [0.1, 0.15) is 5.82 Å². The summed E-state index contributed by atoms with van der Waals surface area (Å²) >= 11 is 0. The van der Waals surface area contributed by atoms with E-state index in [2.05, 4.69) is 10.3 Å². The second-order valence-corrected chi connectivity index (χ2v) is 7.64. The summed E-state index contributed by atoms with van der Waals surface area (Å²) in [7, 11) is 3.20. The van der Waals surface area contributed by atoms with E-state index in [0.717, 1.165) is 34.9 Å². The van der Waals surface area contributed by atoms with Crippen molar-refractivity contribution in [3.63, 3.8) is 0 Å². The Morgan fingerprint density at radius 1 is 1.14 bits per heavy atom. The Kier molecular flexibility index (Phi) is 5.18. The average molecular weight is 396 g/mol. The van der Waals surface area contributed by atoms with Crippen molar-refractivity contribution in [3.8, 4) is 11.5 Å². The number of halogens is 1. The quantitative estimate of drug-likeness (QED) is 0.602. The minimum Gasteiger partial charge on any atom is -0.493 e. The van der Waals surface area contributed by atoms with Crippen LogP contribution < -0.4 is 14.8 Å². The SMILES string of the molecule is COc1ccc(CCC(=O)NCC2(c3c[nH]c4ccc(F)cc34)CC2)cc1OC. The van der Waals surface area contributed by atoms with Gasteiger partial charge in [-0.3, -0.25) is 4.79 Å². The number of fused-ring (bicyclic) bond motifs is 1. The summed E-state index contributed by atoms with van der Waals surface area (Å²) in [5, 5.41) is 3.98. The standard InChI is InChI=1S/C23H25FN2O3/c1-28-20-7-3-15(11-21(20)29-2)4-8-22(27)26-14-23(9-10-23)18-13-25-19-6-5-16(24)12-17(18)19/h3,5-7,11-13,25H,4,8-10,14H2,1-2H3,(H,26,27). The highest BCUT2D eigenvalue weighted by atomic mass is 19.1. The van der Waals surface area contributed by atoms with Gasteiger partial charge < -0.3 is 19.8 Å². The summed E-state index contributed by atoms with van der Waals surface area (Å²) in [5.41, 5.74) is 2.94. The van der Waals surface area contributed by atoms with Crippen LogP contribution in [0.25, 0.3) is 10.9 Å². The molecule has 0 radical (unpaired) electrons. The fourth-order valence-corrected chi connectivity index (χ4v) is 3.87. The van der Waals surface area contributed by atoms with Crippen molar-refractivity contribution < 1.29 is 18.7 Å². The second-order valence-electron chi connectivity index (χ2n) is 7.64. The Morgan fingerprint density at radius 3 is 2.66 bits per heavy atom. The molecule has 0 unspecified atom stereocenters. The third kappa shape index (κ3) is 3.92. The van der Waals surface area contributed by atoms with E-state index in [1.54, 1.807) is 26.4 Å². The number of aryl methyl sites for hydroxylation is 1. The smallest absolute Gasteiger partial charge is 0.220 e. The number of rotatable bonds is 8. The van der Waals surface area contributed by atoms with Gasteiger partial charge in [0.25, 0.3) is 0 Å². The highest BCUT2D eigenvalue weighted by Crippen LogP contribution is 2.50. The molecule has 1 heterocycles. The lowest BCUT2D eigenvalue weighted by Gasteiger charge is -2.16. The fourth-order valence-electron chi connectivity index (χ4n) is 3.87. The molecule has 2 N–H and O–H groups in total. The van der Waals surface area contributed by atoms with E-state index in [-0.39, 0.29) is 17.1 Å². The number of ether oxygens (including phenoxy) is 2. The van der Waals surface area contributed by atoms with E-state index in [1.165, 1.54) is 6.07 Å². The van der Waals surface area contributed by atoms with Crippen LogP contribution in [0.5, 0.6) is 11.5 Å². The molecule has 0 aliphatic heterocycles. The number of H-pyrrole nitrogens is 1. The van der Waals surface area contributed by atoms with E-state index in [9.17, 15) is 9.18 Å². The van der Waals surface area contributed by atoms with Crippen molar-refractivity contribution in [2.75, 3.05) is 20.8 Å². The molecule has 0 spiro atoms. The number of hydrogen-bond acceptors (Lipinski definition) is 3. The third-order valence-corrected chi connectivity index (χ3v) is 5.78. The van der Waals surface area contributed by atoms with E-state index >= 15 is 0 Å². The maximum Gasteiger partial charge on any atom is 0.220 e. The summed E-state index contributed by atoms with van der Waals surface area (Å²) < 4.78 is 24.2. The zero-order chi connectivity index (χ0) is 20.4. The number of carbonyl (C=O) groups excluding carboxylic acids is 1. The second kappa shape index (κ2) is 7.78. The molecule has 0 atom stereocenters. The summed E-state index contributed by atoms with van der Waals surface area (Å²) in [6.07, 6.45) is 4.96. The lowest BCUT2D eigenvalue weighted by atomic mass is 9.95. The van der Waals surface area contributed by atoms with Crippen LogP contribution >= 0.6 is 0 Å². The lowest BCUT2D eigenvalue weighted by molar-refractivity contribution is -0.121. The van der Waals surface area contributed by atoms with Crippen molar-refractivity contribution in [1.82, 2.24) is 10.3 Å². The molecule has 1 aliphatic carbocycles. The van der Waals surface area contributed by atoms with Crippen molar-refractivity contribution in [2.24, 2.45) is 0 Å². The minimum atomic E-state index is -0.242. The summed E-state index contributed by atoms with van der Waals surface area (Å²) in [5.74, 6) is 1.10. The molecule has 1 fully saturated rings. The normalized spacial score (nSPS) is 14.6. The molecule has 1 aromatic heterocycles.